The lowest BCUT2D eigenvalue weighted by Crippen LogP contribution is -2.13. The summed E-state index contributed by atoms with van der Waals surface area (Å²) in [6.45, 7) is 2.06. The molecule has 4 heteroatoms. The Kier molecular flexibility index (Phi) is 4.58. The minimum absolute atomic E-state index is 0.00572. The number of hydrogen-bond acceptors (Lipinski definition) is 4. The van der Waals surface area contributed by atoms with E-state index in [-0.39, 0.29) is 6.04 Å². The van der Waals surface area contributed by atoms with Crippen molar-refractivity contribution in [2.24, 2.45) is 5.73 Å². The van der Waals surface area contributed by atoms with Crippen LogP contribution in [0.25, 0.3) is 0 Å². The second-order valence-electron chi connectivity index (χ2n) is 4.72. The van der Waals surface area contributed by atoms with Gasteiger partial charge in [-0.25, -0.2) is 0 Å². The van der Waals surface area contributed by atoms with E-state index < -0.39 is 0 Å². The Morgan fingerprint density at radius 3 is 2.65 bits per heavy atom. The lowest BCUT2D eigenvalue weighted by molar-refractivity contribution is 0.415. The number of methoxy groups -OCH3 is 1. The molecule has 1 atom stereocenters. The summed E-state index contributed by atoms with van der Waals surface area (Å²) in [4.78, 5) is 6.51. The summed E-state index contributed by atoms with van der Waals surface area (Å²) >= 11 is 0. The monoisotopic (exact) mass is 271 g/mol. The quantitative estimate of drug-likeness (QED) is 0.906. The van der Waals surface area contributed by atoms with Crippen LogP contribution < -0.4 is 15.4 Å². The van der Waals surface area contributed by atoms with Crippen molar-refractivity contribution in [1.29, 1.82) is 0 Å². The molecule has 2 aromatic rings. The molecule has 0 amide bonds. The highest BCUT2D eigenvalue weighted by atomic mass is 16.5. The third-order valence-electron chi connectivity index (χ3n) is 3.42. The van der Waals surface area contributed by atoms with Crippen LogP contribution in [-0.4, -0.2) is 19.1 Å². The van der Waals surface area contributed by atoms with Gasteiger partial charge in [0.2, 0.25) is 0 Å². The Morgan fingerprint density at radius 2 is 2.05 bits per heavy atom. The van der Waals surface area contributed by atoms with E-state index >= 15 is 0 Å². The summed E-state index contributed by atoms with van der Waals surface area (Å²) in [7, 11) is 3.67. The molecule has 0 saturated carbocycles. The summed E-state index contributed by atoms with van der Waals surface area (Å²) in [5, 5.41) is 0. The van der Waals surface area contributed by atoms with Crippen LogP contribution in [0.3, 0.4) is 0 Å². The van der Waals surface area contributed by atoms with Gasteiger partial charge in [-0.15, -0.1) is 0 Å². The summed E-state index contributed by atoms with van der Waals surface area (Å²) < 4.78 is 5.25. The largest absolute Gasteiger partial charge is 0.497 e. The SMILES string of the molecule is CC[C@@H](N)c1ccc(N(C)c2cccc(OC)c2)cn1. The van der Waals surface area contributed by atoms with Crippen LogP contribution in [0.1, 0.15) is 25.1 Å². The molecule has 0 aliphatic heterocycles. The van der Waals surface area contributed by atoms with Gasteiger partial charge in [0, 0.05) is 24.8 Å². The van der Waals surface area contributed by atoms with Gasteiger partial charge in [0.25, 0.3) is 0 Å². The Hall–Kier alpha value is -2.07. The first-order chi connectivity index (χ1) is 9.65. The second-order valence-corrected chi connectivity index (χ2v) is 4.72. The standard InChI is InChI=1S/C16H21N3O/c1-4-15(17)16-9-8-13(11-18-16)19(2)12-6-5-7-14(10-12)20-3/h5-11,15H,4,17H2,1-3H3/t15-/m1/s1. The normalized spacial score (nSPS) is 12.0. The highest BCUT2D eigenvalue weighted by Crippen LogP contribution is 2.26. The zero-order valence-electron chi connectivity index (χ0n) is 12.2. The lowest BCUT2D eigenvalue weighted by Gasteiger charge is -2.20. The van der Waals surface area contributed by atoms with Gasteiger partial charge in [0.05, 0.1) is 24.7 Å². The minimum Gasteiger partial charge on any atom is -0.497 e. The molecule has 1 aromatic heterocycles. The number of rotatable bonds is 5. The molecule has 0 aliphatic carbocycles. The van der Waals surface area contributed by atoms with Gasteiger partial charge in [0.15, 0.2) is 0 Å². The number of nitrogens with zero attached hydrogens (tertiary/aromatic N) is 2. The molecule has 1 aromatic carbocycles. The van der Waals surface area contributed by atoms with Crippen molar-refractivity contribution in [1.82, 2.24) is 4.98 Å². The lowest BCUT2D eigenvalue weighted by atomic mass is 10.1. The van der Waals surface area contributed by atoms with Gasteiger partial charge >= 0.3 is 0 Å². The summed E-state index contributed by atoms with van der Waals surface area (Å²) in [6, 6.07) is 12.0. The van der Waals surface area contributed by atoms with Gasteiger partial charge in [-0.05, 0) is 30.7 Å². The minimum atomic E-state index is 0.00572. The van der Waals surface area contributed by atoms with Gasteiger partial charge in [-0.3, -0.25) is 4.98 Å². The maximum absolute atomic E-state index is 5.98. The summed E-state index contributed by atoms with van der Waals surface area (Å²) in [6.07, 6.45) is 2.74. The van der Waals surface area contributed by atoms with E-state index in [1.165, 1.54) is 0 Å². The fraction of sp³-hybridized carbons (Fsp3) is 0.312. The third kappa shape index (κ3) is 3.08. The van der Waals surface area contributed by atoms with Crippen molar-refractivity contribution >= 4 is 11.4 Å². The highest BCUT2D eigenvalue weighted by Gasteiger charge is 2.08. The number of aromatic nitrogens is 1. The molecule has 0 saturated heterocycles. The predicted octanol–water partition coefficient (Wildman–Crippen LogP) is 3.27. The summed E-state index contributed by atoms with van der Waals surface area (Å²) in [5.74, 6) is 0.840. The van der Waals surface area contributed by atoms with Crippen molar-refractivity contribution in [3.8, 4) is 5.75 Å². The Labute approximate surface area is 120 Å². The molecule has 0 bridgehead atoms. The van der Waals surface area contributed by atoms with E-state index in [9.17, 15) is 0 Å². The van der Waals surface area contributed by atoms with Crippen molar-refractivity contribution in [3.05, 3.63) is 48.3 Å². The average Bonchev–Trinajstić information content (AvgIpc) is 2.53. The number of pyridine rings is 1. The molecule has 0 radical (unpaired) electrons. The van der Waals surface area contributed by atoms with Crippen LogP contribution in [0, 0.1) is 0 Å². The van der Waals surface area contributed by atoms with E-state index in [4.69, 9.17) is 10.5 Å². The molecule has 106 valence electrons. The number of hydrogen-bond donors (Lipinski definition) is 1. The molecule has 4 nitrogen and oxygen atoms in total. The fourth-order valence-electron chi connectivity index (χ4n) is 1.99. The molecule has 0 unspecified atom stereocenters. The van der Waals surface area contributed by atoms with Crippen molar-refractivity contribution in [3.63, 3.8) is 0 Å². The van der Waals surface area contributed by atoms with Crippen molar-refractivity contribution in [2.75, 3.05) is 19.1 Å². The van der Waals surface area contributed by atoms with Crippen LogP contribution in [0.15, 0.2) is 42.6 Å². The molecular weight excluding hydrogens is 250 g/mol. The second kappa shape index (κ2) is 6.39. The molecule has 0 spiro atoms. The molecule has 20 heavy (non-hydrogen) atoms. The van der Waals surface area contributed by atoms with E-state index in [0.717, 1.165) is 29.2 Å². The Balaban J connectivity index is 2.22. The maximum Gasteiger partial charge on any atom is 0.120 e. The smallest absolute Gasteiger partial charge is 0.120 e. The number of benzene rings is 1. The van der Waals surface area contributed by atoms with E-state index in [1.807, 2.05) is 49.6 Å². The number of anilines is 2. The van der Waals surface area contributed by atoms with Crippen LogP contribution in [0.4, 0.5) is 11.4 Å². The highest BCUT2D eigenvalue weighted by molar-refractivity contribution is 5.63. The fourth-order valence-corrected chi connectivity index (χ4v) is 1.99. The summed E-state index contributed by atoms with van der Waals surface area (Å²) in [5.41, 5.74) is 8.98. The molecule has 2 rings (SSSR count). The van der Waals surface area contributed by atoms with Crippen molar-refractivity contribution in [2.45, 2.75) is 19.4 Å². The Morgan fingerprint density at radius 1 is 1.25 bits per heavy atom. The first kappa shape index (κ1) is 14.3. The van der Waals surface area contributed by atoms with Gasteiger partial charge in [0.1, 0.15) is 5.75 Å². The predicted molar refractivity (Wildman–Crippen MR) is 82.5 cm³/mol. The van der Waals surface area contributed by atoms with Gasteiger partial charge in [-0.2, -0.15) is 0 Å². The molecule has 2 N–H and O–H groups in total. The number of ether oxygens (including phenoxy) is 1. The first-order valence-electron chi connectivity index (χ1n) is 6.75. The van der Waals surface area contributed by atoms with Gasteiger partial charge < -0.3 is 15.4 Å². The van der Waals surface area contributed by atoms with Gasteiger partial charge in [-0.1, -0.05) is 13.0 Å². The maximum atomic E-state index is 5.98. The first-order valence-corrected chi connectivity index (χ1v) is 6.75. The van der Waals surface area contributed by atoms with Crippen LogP contribution >= 0.6 is 0 Å². The van der Waals surface area contributed by atoms with E-state index in [1.54, 1.807) is 7.11 Å². The van der Waals surface area contributed by atoms with Crippen molar-refractivity contribution < 1.29 is 4.74 Å². The van der Waals surface area contributed by atoms with E-state index in [2.05, 4.69) is 16.8 Å². The topological polar surface area (TPSA) is 51.4 Å². The average molecular weight is 271 g/mol. The van der Waals surface area contributed by atoms with Crippen LogP contribution in [0.5, 0.6) is 5.75 Å². The van der Waals surface area contributed by atoms with Crippen LogP contribution in [0.2, 0.25) is 0 Å². The zero-order valence-corrected chi connectivity index (χ0v) is 12.2. The van der Waals surface area contributed by atoms with E-state index in [0.29, 0.717) is 0 Å². The van der Waals surface area contributed by atoms with Crippen LogP contribution in [-0.2, 0) is 0 Å². The molecular formula is C16H21N3O. The molecule has 0 aliphatic rings. The number of nitrogens with two attached hydrogens (primary N) is 1. The Bertz CT molecular complexity index is 554. The third-order valence-corrected chi connectivity index (χ3v) is 3.42. The molecule has 0 fully saturated rings. The zero-order chi connectivity index (χ0) is 14.5. The molecule has 1 heterocycles.